The van der Waals surface area contributed by atoms with Gasteiger partial charge in [-0.1, -0.05) is 30.1 Å². The van der Waals surface area contributed by atoms with Crippen LogP contribution >= 0.6 is 23.2 Å². The van der Waals surface area contributed by atoms with Gasteiger partial charge in [0.25, 0.3) is 0 Å². The van der Waals surface area contributed by atoms with Crippen molar-refractivity contribution in [2.24, 2.45) is 0 Å². The lowest BCUT2D eigenvalue weighted by atomic mass is 10.1. The molecule has 2 nitrogen and oxygen atoms in total. The van der Waals surface area contributed by atoms with Crippen molar-refractivity contribution in [3.05, 3.63) is 33.8 Å². The minimum atomic E-state index is -1.15. The van der Waals surface area contributed by atoms with Crippen LogP contribution < -0.4 is 0 Å². The molecule has 0 N–H and O–H groups in total. The molecule has 94 valence electrons. The molecule has 0 aliphatic heterocycles. The first kappa shape index (κ1) is 14.7. The van der Waals surface area contributed by atoms with E-state index in [1.807, 2.05) is 6.92 Å². The molecule has 1 aromatic rings. The second-order valence-electron chi connectivity index (χ2n) is 3.72. The molecule has 0 radical (unpaired) electrons. The molecule has 1 rings (SSSR count). The summed E-state index contributed by atoms with van der Waals surface area (Å²) in [4.78, 5) is 12.1. The van der Waals surface area contributed by atoms with Crippen LogP contribution in [0.2, 0.25) is 10.0 Å². The van der Waals surface area contributed by atoms with Crippen LogP contribution in [0, 0.1) is 0 Å². The second-order valence-corrected chi connectivity index (χ2v) is 6.44. The van der Waals surface area contributed by atoms with E-state index in [0.29, 0.717) is 21.4 Å². The van der Waals surface area contributed by atoms with E-state index in [9.17, 15) is 9.00 Å². The molecule has 0 spiro atoms. The highest BCUT2D eigenvalue weighted by atomic mass is 35.5. The Morgan fingerprint density at radius 2 is 2.06 bits per heavy atom. The zero-order valence-corrected chi connectivity index (χ0v) is 12.0. The smallest absolute Gasteiger partial charge is 0.179 e. The fourth-order valence-corrected chi connectivity index (χ4v) is 3.03. The topological polar surface area (TPSA) is 34.1 Å². The van der Waals surface area contributed by atoms with Gasteiger partial charge >= 0.3 is 0 Å². The highest BCUT2D eigenvalue weighted by Crippen LogP contribution is 2.23. The number of carbonyl (C=O) groups is 1. The van der Waals surface area contributed by atoms with Crippen LogP contribution in [0.4, 0.5) is 0 Å². The van der Waals surface area contributed by atoms with Crippen LogP contribution in [0.15, 0.2) is 18.2 Å². The van der Waals surface area contributed by atoms with Gasteiger partial charge in [0, 0.05) is 27.1 Å². The summed E-state index contributed by atoms with van der Waals surface area (Å²) in [6.45, 7) is 3.60. The molecular formula is C12H14Cl2O2S. The van der Waals surface area contributed by atoms with Crippen molar-refractivity contribution in [3.63, 3.8) is 0 Å². The van der Waals surface area contributed by atoms with Crippen LogP contribution in [-0.4, -0.2) is 21.0 Å². The number of hydrogen-bond acceptors (Lipinski definition) is 2. The summed E-state index contributed by atoms with van der Waals surface area (Å²) in [5.74, 6) is 0.330. The minimum Gasteiger partial charge on any atom is -0.293 e. The molecule has 2 unspecified atom stereocenters. The van der Waals surface area contributed by atoms with Gasteiger partial charge in [-0.25, -0.2) is 0 Å². The van der Waals surface area contributed by atoms with Gasteiger partial charge in [-0.05, 0) is 31.5 Å². The first-order chi connectivity index (χ1) is 7.97. The zero-order chi connectivity index (χ0) is 13.0. The fourth-order valence-electron chi connectivity index (χ4n) is 1.41. The first-order valence-electron chi connectivity index (χ1n) is 5.33. The minimum absolute atomic E-state index is 0.196. The number of ketones is 1. The van der Waals surface area contributed by atoms with Crippen molar-refractivity contribution in [2.75, 3.05) is 5.75 Å². The van der Waals surface area contributed by atoms with E-state index < -0.39 is 16.0 Å². The van der Waals surface area contributed by atoms with Crippen molar-refractivity contribution in [2.45, 2.75) is 25.5 Å². The van der Waals surface area contributed by atoms with E-state index >= 15 is 0 Å². The highest BCUT2D eigenvalue weighted by Gasteiger charge is 2.22. The largest absolute Gasteiger partial charge is 0.293 e. The summed E-state index contributed by atoms with van der Waals surface area (Å²) in [7, 11) is -1.15. The third-order valence-electron chi connectivity index (χ3n) is 2.37. The predicted molar refractivity (Wildman–Crippen MR) is 73.6 cm³/mol. The predicted octanol–water partition coefficient (Wildman–Crippen LogP) is 3.72. The maximum Gasteiger partial charge on any atom is 0.179 e. The summed E-state index contributed by atoms with van der Waals surface area (Å²) >= 11 is 11.7. The molecule has 0 heterocycles. The van der Waals surface area contributed by atoms with Gasteiger partial charge in [-0.3, -0.25) is 9.00 Å². The number of hydrogen-bond donors (Lipinski definition) is 0. The summed E-state index contributed by atoms with van der Waals surface area (Å²) in [5.41, 5.74) is 0.382. The third-order valence-corrected chi connectivity index (χ3v) is 4.73. The average molecular weight is 293 g/mol. The summed E-state index contributed by atoms with van der Waals surface area (Å²) in [6.07, 6.45) is 0.790. The molecule has 17 heavy (non-hydrogen) atoms. The molecule has 5 heteroatoms. The number of carbonyl (C=O) groups excluding carboxylic acids is 1. The molecule has 1 aromatic carbocycles. The Bertz CT molecular complexity index is 446. The van der Waals surface area contributed by atoms with Gasteiger partial charge in [-0.2, -0.15) is 0 Å². The van der Waals surface area contributed by atoms with E-state index in [1.165, 1.54) is 6.07 Å². The molecule has 0 amide bonds. The van der Waals surface area contributed by atoms with E-state index in [1.54, 1.807) is 19.1 Å². The Labute approximate surface area is 114 Å². The van der Waals surface area contributed by atoms with Crippen molar-refractivity contribution >= 4 is 39.8 Å². The molecule has 0 saturated heterocycles. The fraction of sp³-hybridized carbons (Fsp3) is 0.417. The van der Waals surface area contributed by atoms with Gasteiger partial charge < -0.3 is 0 Å². The molecule has 0 aliphatic rings. The first-order valence-corrected chi connectivity index (χ1v) is 7.47. The Kier molecular flexibility index (Phi) is 5.63. The van der Waals surface area contributed by atoms with Crippen molar-refractivity contribution in [1.29, 1.82) is 0 Å². The van der Waals surface area contributed by atoms with Crippen LogP contribution in [0.3, 0.4) is 0 Å². The Morgan fingerprint density at radius 1 is 1.41 bits per heavy atom. The molecule has 0 fully saturated rings. The monoisotopic (exact) mass is 292 g/mol. The van der Waals surface area contributed by atoms with Crippen LogP contribution in [-0.2, 0) is 10.8 Å². The van der Waals surface area contributed by atoms with Gasteiger partial charge in [0.05, 0.1) is 10.3 Å². The van der Waals surface area contributed by atoms with Crippen molar-refractivity contribution in [1.82, 2.24) is 0 Å². The quantitative estimate of drug-likeness (QED) is 0.775. The lowest BCUT2D eigenvalue weighted by Gasteiger charge is -2.11. The Hall–Kier alpha value is -0.380. The number of rotatable bonds is 5. The maximum atomic E-state index is 12.1. The van der Waals surface area contributed by atoms with Gasteiger partial charge in [-0.15, -0.1) is 0 Å². The van der Waals surface area contributed by atoms with Crippen molar-refractivity contribution < 1.29 is 9.00 Å². The Morgan fingerprint density at radius 3 is 2.59 bits per heavy atom. The summed E-state index contributed by atoms with van der Waals surface area (Å²) in [5, 5.41) is 0.255. The van der Waals surface area contributed by atoms with Crippen LogP contribution in [0.5, 0.6) is 0 Å². The molecular weight excluding hydrogens is 279 g/mol. The molecule has 0 saturated carbocycles. The number of Topliss-reactive ketones (excluding diaryl/α,β-unsaturated/α-hetero) is 1. The van der Waals surface area contributed by atoms with Crippen LogP contribution in [0.25, 0.3) is 0 Å². The SMILES string of the molecule is CCCS(=O)C(C)C(=O)c1ccc(Cl)cc1Cl. The van der Waals surface area contributed by atoms with Gasteiger partial charge in [0.2, 0.25) is 0 Å². The van der Waals surface area contributed by atoms with Crippen molar-refractivity contribution in [3.8, 4) is 0 Å². The normalized spacial score (nSPS) is 14.4. The maximum absolute atomic E-state index is 12.1. The molecule has 0 aliphatic carbocycles. The molecule has 0 aromatic heterocycles. The van der Waals surface area contributed by atoms with Gasteiger partial charge in [0.15, 0.2) is 5.78 Å². The number of benzene rings is 1. The third kappa shape index (κ3) is 3.80. The summed E-state index contributed by atoms with van der Waals surface area (Å²) < 4.78 is 11.8. The van der Waals surface area contributed by atoms with E-state index in [0.717, 1.165) is 6.42 Å². The van der Waals surface area contributed by atoms with E-state index in [4.69, 9.17) is 23.2 Å². The average Bonchev–Trinajstić information content (AvgIpc) is 2.27. The lowest BCUT2D eigenvalue weighted by Crippen LogP contribution is -2.24. The molecule has 0 bridgehead atoms. The lowest BCUT2D eigenvalue weighted by molar-refractivity contribution is 0.0993. The van der Waals surface area contributed by atoms with Gasteiger partial charge in [0.1, 0.15) is 0 Å². The standard InChI is InChI=1S/C12H14Cl2O2S/c1-3-6-17(16)8(2)12(15)10-5-4-9(13)7-11(10)14/h4-5,7-8H,3,6H2,1-2H3. The van der Waals surface area contributed by atoms with Crippen LogP contribution in [0.1, 0.15) is 30.6 Å². The zero-order valence-electron chi connectivity index (χ0n) is 9.70. The van der Waals surface area contributed by atoms with E-state index in [2.05, 4.69) is 0 Å². The summed E-state index contributed by atoms with van der Waals surface area (Å²) in [6, 6.07) is 4.70. The Balaban J connectivity index is 2.92. The highest BCUT2D eigenvalue weighted by molar-refractivity contribution is 7.86. The van der Waals surface area contributed by atoms with E-state index in [-0.39, 0.29) is 5.78 Å². The molecule has 2 atom stereocenters. The number of halogens is 2. The second kappa shape index (κ2) is 6.53.